The molecular weight excluding hydrogens is 346 g/mol. The van der Waals surface area contributed by atoms with E-state index in [1.807, 2.05) is 49.1 Å². The molecule has 1 aliphatic rings. The van der Waals surface area contributed by atoms with Crippen LogP contribution in [0, 0.1) is 13.8 Å². The fourth-order valence-electron chi connectivity index (χ4n) is 3.36. The number of aryl methyl sites for hydroxylation is 2. The molecule has 0 bridgehead atoms. The highest BCUT2D eigenvalue weighted by Gasteiger charge is 2.27. The molecule has 0 N–H and O–H groups in total. The summed E-state index contributed by atoms with van der Waals surface area (Å²) in [7, 11) is 0. The van der Waals surface area contributed by atoms with Crippen molar-refractivity contribution in [3.05, 3.63) is 52.7 Å². The lowest BCUT2D eigenvalue weighted by atomic mass is 10.1. The van der Waals surface area contributed by atoms with E-state index in [1.165, 1.54) is 0 Å². The zero-order chi connectivity index (χ0) is 18.1. The molecule has 1 fully saturated rings. The summed E-state index contributed by atoms with van der Waals surface area (Å²) in [6, 6.07) is 12.4. The third kappa shape index (κ3) is 3.55. The number of rotatable bonds is 3. The smallest absolute Gasteiger partial charge is 0.317 e. The van der Waals surface area contributed by atoms with Crippen LogP contribution in [-0.2, 0) is 0 Å². The zero-order valence-electron chi connectivity index (χ0n) is 14.9. The van der Waals surface area contributed by atoms with Gasteiger partial charge in [0.05, 0.1) is 11.4 Å². The van der Waals surface area contributed by atoms with Crippen LogP contribution >= 0.6 is 11.3 Å². The third-order valence-corrected chi connectivity index (χ3v) is 5.64. The number of benzene rings is 1. The molecule has 4 rings (SSSR count). The van der Waals surface area contributed by atoms with Gasteiger partial charge in [-0.1, -0.05) is 18.2 Å². The largest absolute Gasteiger partial charge is 0.458 e. The predicted molar refractivity (Wildman–Crippen MR) is 103 cm³/mol. The van der Waals surface area contributed by atoms with Gasteiger partial charge >= 0.3 is 6.01 Å². The summed E-state index contributed by atoms with van der Waals surface area (Å²) in [4.78, 5) is 24.3. The van der Waals surface area contributed by atoms with E-state index < -0.39 is 0 Å². The summed E-state index contributed by atoms with van der Waals surface area (Å²) in [5, 5.41) is 1.12. The first kappa shape index (κ1) is 17.0. The van der Waals surface area contributed by atoms with Crippen molar-refractivity contribution in [2.24, 2.45) is 0 Å². The van der Waals surface area contributed by atoms with Crippen molar-refractivity contribution in [3.8, 4) is 6.01 Å². The number of nitrogens with zero attached hydrogens (tertiary/aromatic N) is 3. The second-order valence-electron chi connectivity index (χ2n) is 6.72. The molecule has 1 aromatic carbocycles. The predicted octanol–water partition coefficient (Wildman–Crippen LogP) is 3.99. The lowest BCUT2D eigenvalue weighted by Crippen LogP contribution is -2.44. The average molecular weight is 367 g/mol. The van der Waals surface area contributed by atoms with Gasteiger partial charge < -0.3 is 9.64 Å². The van der Waals surface area contributed by atoms with E-state index in [1.54, 1.807) is 11.3 Å². The third-order valence-electron chi connectivity index (χ3n) is 4.54. The van der Waals surface area contributed by atoms with E-state index in [4.69, 9.17) is 4.74 Å². The minimum Gasteiger partial charge on any atom is -0.458 e. The summed E-state index contributed by atoms with van der Waals surface area (Å²) >= 11 is 1.55. The van der Waals surface area contributed by atoms with E-state index >= 15 is 0 Å². The van der Waals surface area contributed by atoms with Crippen molar-refractivity contribution in [2.45, 2.75) is 32.8 Å². The summed E-state index contributed by atoms with van der Waals surface area (Å²) in [6.45, 7) is 5.20. The van der Waals surface area contributed by atoms with E-state index in [2.05, 4.69) is 16.0 Å². The van der Waals surface area contributed by atoms with Crippen LogP contribution in [0.4, 0.5) is 0 Å². The summed E-state index contributed by atoms with van der Waals surface area (Å²) in [6.07, 6.45) is 1.77. The van der Waals surface area contributed by atoms with E-state index in [-0.39, 0.29) is 12.0 Å². The first-order chi connectivity index (χ1) is 12.6. The SMILES string of the molecule is Cc1cc(C)nc(OC2CCCN(C(=O)c3cc4ccccc4s3)C2)n1. The number of hydrogen-bond acceptors (Lipinski definition) is 5. The number of thiophene rings is 1. The lowest BCUT2D eigenvalue weighted by Gasteiger charge is -2.32. The molecule has 0 radical (unpaired) electrons. The number of ether oxygens (including phenoxy) is 1. The highest BCUT2D eigenvalue weighted by Crippen LogP contribution is 2.27. The van der Waals surface area contributed by atoms with Crippen LogP contribution in [0.1, 0.15) is 33.9 Å². The molecular formula is C20H21N3O2S. The molecule has 6 heteroatoms. The minimum absolute atomic E-state index is 0.0664. The second kappa shape index (κ2) is 7.03. The second-order valence-corrected chi connectivity index (χ2v) is 7.80. The topological polar surface area (TPSA) is 55.3 Å². The standard InChI is InChI=1S/C20H21N3O2S/c1-13-10-14(2)22-20(21-13)25-16-7-5-9-23(12-16)19(24)18-11-15-6-3-4-8-17(15)26-18/h3-4,6,8,10-11,16H,5,7,9,12H2,1-2H3. The summed E-state index contributed by atoms with van der Waals surface area (Å²) in [5.74, 6) is 0.0841. The van der Waals surface area contributed by atoms with Crippen molar-refractivity contribution in [2.75, 3.05) is 13.1 Å². The Morgan fingerprint density at radius 1 is 1.19 bits per heavy atom. The molecule has 2 aromatic heterocycles. The average Bonchev–Trinajstić information content (AvgIpc) is 3.04. The fraction of sp³-hybridized carbons (Fsp3) is 0.350. The molecule has 1 atom stereocenters. The van der Waals surface area contributed by atoms with Gasteiger partial charge in [-0.25, -0.2) is 9.97 Å². The van der Waals surface area contributed by atoms with Crippen LogP contribution < -0.4 is 4.74 Å². The van der Waals surface area contributed by atoms with Crippen LogP contribution in [0.2, 0.25) is 0 Å². The van der Waals surface area contributed by atoms with E-state index in [0.29, 0.717) is 12.6 Å². The lowest BCUT2D eigenvalue weighted by molar-refractivity contribution is 0.0519. The van der Waals surface area contributed by atoms with Crippen molar-refractivity contribution in [1.82, 2.24) is 14.9 Å². The Labute approximate surface area is 156 Å². The number of piperidine rings is 1. The number of carbonyl (C=O) groups is 1. The first-order valence-corrected chi connectivity index (χ1v) is 9.67. The number of fused-ring (bicyclic) bond motifs is 1. The normalized spacial score (nSPS) is 17.5. The van der Waals surface area contributed by atoms with Gasteiger partial charge in [0.25, 0.3) is 5.91 Å². The Kier molecular flexibility index (Phi) is 4.59. The van der Waals surface area contributed by atoms with Gasteiger partial charge in [0.2, 0.25) is 0 Å². The highest BCUT2D eigenvalue weighted by atomic mass is 32.1. The molecule has 26 heavy (non-hydrogen) atoms. The maximum atomic E-state index is 12.9. The molecule has 1 amide bonds. The Balaban J connectivity index is 1.48. The Bertz CT molecular complexity index is 900. The van der Waals surface area contributed by atoms with Crippen LogP contribution in [-0.4, -0.2) is 40.0 Å². The monoisotopic (exact) mass is 367 g/mol. The van der Waals surface area contributed by atoms with E-state index in [0.717, 1.165) is 45.7 Å². The Hall–Kier alpha value is -2.47. The van der Waals surface area contributed by atoms with Gasteiger partial charge in [-0.3, -0.25) is 4.79 Å². The van der Waals surface area contributed by atoms with Crippen molar-refractivity contribution < 1.29 is 9.53 Å². The molecule has 3 heterocycles. The minimum atomic E-state index is -0.0664. The van der Waals surface area contributed by atoms with Crippen LogP contribution in [0.5, 0.6) is 6.01 Å². The van der Waals surface area contributed by atoms with Crippen LogP contribution in [0.3, 0.4) is 0 Å². The van der Waals surface area contributed by atoms with Crippen molar-refractivity contribution in [1.29, 1.82) is 0 Å². The fourth-order valence-corrected chi connectivity index (χ4v) is 4.39. The first-order valence-electron chi connectivity index (χ1n) is 8.85. The molecule has 0 saturated carbocycles. The van der Waals surface area contributed by atoms with Crippen molar-refractivity contribution >= 4 is 27.3 Å². The number of hydrogen-bond donors (Lipinski definition) is 0. The Morgan fingerprint density at radius 2 is 1.96 bits per heavy atom. The van der Waals surface area contributed by atoms with Crippen LogP contribution in [0.15, 0.2) is 36.4 Å². The van der Waals surface area contributed by atoms with Crippen LogP contribution in [0.25, 0.3) is 10.1 Å². The molecule has 0 spiro atoms. The molecule has 5 nitrogen and oxygen atoms in total. The maximum absolute atomic E-state index is 12.9. The van der Waals surface area contributed by atoms with Gasteiger partial charge in [-0.05, 0) is 50.3 Å². The van der Waals surface area contributed by atoms with Gasteiger partial charge in [-0.15, -0.1) is 11.3 Å². The molecule has 0 aliphatic carbocycles. The molecule has 134 valence electrons. The zero-order valence-corrected chi connectivity index (χ0v) is 15.8. The van der Waals surface area contributed by atoms with Crippen molar-refractivity contribution in [3.63, 3.8) is 0 Å². The number of likely N-dealkylation sites (tertiary alicyclic amines) is 1. The number of aromatic nitrogens is 2. The summed E-state index contributed by atoms with van der Waals surface area (Å²) in [5.41, 5.74) is 1.78. The highest BCUT2D eigenvalue weighted by molar-refractivity contribution is 7.20. The molecule has 1 saturated heterocycles. The maximum Gasteiger partial charge on any atom is 0.317 e. The number of carbonyl (C=O) groups excluding carboxylic acids is 1. The van der Waals surface area contributed by atoms with Gasteiger partial charge in [0.1, 0.15) is 6.10 Å². The van der Waals surface area contributed by atoms with Gasteiger partial charge in [0, 0.05) is 22.6 Å². The Morgan fingerprint density at radius 3 is 2.73 bits per heavy atom. The van der Waals surface area contributed by atoms with Gasteiger partial charge in [0.15, 0.2) is 0 Å². The quantitative estimate of drug-likeness (QED) is 0.702. The molecule has 1 unspecified atom stereocenters. The van der Waals surface area contributed by atoms with Gasteiger partial charge in [-0.2, -0.15) is 0 Å². The molecule has 1 aliphatic heterocycles. The number of amides is 1. The van der Waals surface area contributed by atoms with E-state index in [9.17, 15) is 4.79 Å². The molecule has 3 aromatic rings. The summed E-state index contributed by atoms with van der Waals surface area (Å²) < 4.78 is 7.12.